The van der Waals surface area contributed by atoms with Crippen LogP contribution in [0.2, 0.25) is 0 Å². The molecule has 2 heterocycles. The average Bonchev–Trinajstić information content (AvgIpc) is 3.17. The van der Waals surface area contributed by atoms with Gasteiger partial charge in [0.2, 0.25) is 0 Å². The second kappa shape index (κ2) is 6.96. The van der Waals surface area contributed by atoms with Crippen molar-refractivity contribution < 1.29 is 4.79 Å². The summed E-state index contributed by atoms with van der Waals surface area (Å²) in [6.07, 6.45) is 6.34. The second-order valence-electron chi connectivity index (χ2n) is 5.47. The molecule has 0 unspecified atom stereocenters. The molecule has 0 atom stereocenters. The SMILES string of the molecule is Cn1cccc1C(=O)NCCc1nccn1Cc1ccccc1. The van der Waals surface area contributed by atoms with Crippen LogP contribution in [0, 0.1) is 0 Å². The number of carbonyl (C=O) groups excluding carboxylic acids is 1. The zero-order valence-electron chi connectivity index (χ0n) is 13.1. The Bertz CT molecular complexity index is 773. The number of amides is 1. The molecule has 0 aliphatic carbocycles. The van der Waals surface area contributed by atoms with Gasteiger partial charge in [0.25, 0.3) is 5.91 Å². The molecule has 1 N–H and O–H groups in total. The van der Waals surface area contributed by atoms with Gasteiger partial charge in [-0.2, -0.15) is 0 Å². The zero-order chi connectivity index (χ0) is 16.1. The van der Waals surface area contributed by atoms with Crippen LogP contribution in [0.15, 0.2) is 61.1 Å². The van der Waals surface area contributed by atoms with E-state index in [-0.39, 0.29) is 5.91 Å². The molecule has 0 saturated heterocycles. The lowest BCUT2D eigenvalue weighted by molar-refractivity contribution is 0.0946. The number of imidazole rings is 1. The molecular formula is C18H20N4O. The van der Waals surface area contributed by atoms with Crippen LogP contribution in [0.5, 0.6) is 0 Å². The standard InChI is InChI=1S/C18H20N4O/c1-21-12-5-8-16(21)18(23)20-10-9-17-19-11-13-22(17)14-15-6-3-2-4-7-15/h2-8,11-13H,9-10,14H2,1H3,(H,20,23). The first-order chi connectivity index (χ1) is 11.2. The van der Waals surface area contributed by atoms with Crippen molar-refractivity contribution in [3.63, 3.8) is 0 Å². The van der Waals surface area contributed by atoms with E-state index in [1.165, 1.54) is 5.56 Å². The van der Waals surface area contributed by atoms with E-state index in [0.29, 0.717) is 18.7 Å². The molecule has 0 spiro atoms. The van der Waals surface area contributed by atoms with Gasteiger partial charge >= 0.3 is 0 Å². The topological polar surface area (TPSA) is 51.9 Å². The average molecular weight is 308 g/mol. The molecule has 118 valence electrons. The third-order valence-electron chi connectivity index (χ3n) is 3.81. The highest BCUT2D eigenvalue weighted by Crippen LogP contribution is 2.06. The summed E-state index contributed by atoms with van der Waals surface area (Å²) in [5.74, 6) is 0.916. The minimum atomic E-state index is -0.0568. The predicted octanol–water partition coefficient (Wildman–Crippen LogP) is 2.24. The van der Waals surface area contributed by atoms with Gasteiger partial charge in [-0.25, -0.2) is 4.98 Å². The molecule has 2 aromatic heterocycles. The van der Waals surface area contributed by atoms with Crippen LogP contribution in [0.4, 0.5) is 0 Å². The summed E-state index contributed by atoms with van der Waals surface area (Å²) in [5.41, 5.74) is 1.90. The van der Waals surface area contributed by atoms with E-state index in [0.717, 1.165) is 12.4 Å². The fourth-order valence-electron chi connectivity index (χ4n) is 2.57. The number of hydrogen-bond donors (Lipinski definition) is 1. The first-order valence-corrected chi connectivity index (χ1v) is 7.67. The maximum Gasteiger partial charge on any atom is 0.267 e. The van der Waals surface area contributed by atoms with E-state index in [4.69, 9.17) is 0 Å². The monoisotopic (exact) mass is 308 g/mol. The summed E-state index contributed by atoms with van der Waals surface area (Å²) >= 11 is 0. The predicted molar refractivity (Wildman–Crippen MR) is 89.2 cm³/mol. The summed E-state index contributed by atoms with van der Waals surface area (Å²) < 4.78 is 3.93. The quantitative estimate of drug-likeness (QED) is 0.759. The summed E-state index contributed by atoms with van der Waals surface area (Å²) in [6.45, 7) is 1.36. The van der Waals surface area contributed by atoms with Gasteiger partial charge in [-0.1, -0.05) is 30.3 Å². The molecule has 0 fully saturated rings. The van der Waals surface area contributed by atoms with E-state index in [9.17, 15) is 4.79 Å². The van der Waals surface area contributed by atoms with Gasteiger partial charge in [0.1, 0.15) is 11.5 Å². The van der Waals surface area contributed by atoms with Crippen LogP contribution in [0.3, 0.4) is 0 Å². The molecule has 5 nitrogen and oxygen atoms in total. The van der Waals surface area contributed by atoms with E-state index in [1.807, 2.05) is 54.3 Å². The van der Waals surface area contributed by atoms with E-state index >= 15 is 0 Å². The van der Waals surface area contributed by atoms with Gasteiger partial charge in [-0.05, 0) is 17.7 Å². The number of rotatable bonds is 6. The summed E-state index contributed by atoms with van der Waals surface area (Å²) in [5, 5.41) is 2.94. The summed E-state index contributed by atoms with van der Waals surface area (Å²) in [4.78, 5) is 16.5. The number of nitrogens with zero attached hydrogens (tertiary/aromatic N) is 3. The van der Waals surface area contributed by atoms with Crippen molar-refractivity contribution in [2.24, 2.45) is 7.05 Å². The lowest BCUT2D eigenvalue weighted by atomic mass is 10.2. The van der Waals surface area contributed by atoms with Crippen LogP contribution < -0.4 is 5.32 Å². The van der Waals surface area contributed by atoms with E-state index in [1.54, 1.807) is 6.20 Å². The molecule has 1 amide bonds. The number of benzene rings is 1. The number of hydrogen-bond acceptors (Lipinski definition) is 2. The van der Waals surface area contributed by atoms with Gasteiger partial charge in [0.05, 0.1) is 0 Å². The third kappa shape index (κ3) is 3.69. The van der Waals surface area contributed by atoms with Gasteiger partial charge in [0.15, 0.2) is 0 Å². The normalized spacial score (nSPS) is 10.7. The number of aryl methyl sites for hydroxylation is 1. The third-order valence-corrected chi connectivity index (χ3v) is 3.81. The molecule has 0 radical (unpaired) electrons. The zero-order valence-corrected chi connectivity index (χ0v) is 13.1. The summed E-state index contributed by atoms with van der Waals surface area (Å²) in [7, 11) is 1.86. The van der Waals surface area contributed by atoms with Crippen molar-refractivity contribution in [1.82, 2.24) is 19.4 Å². The highest BCUT2D eigenvalue weighted by molar-refractivity contribution is 5.92. The lowest BCUT2D eigenvalue weighted by Gasteiger charge is -2.09. The Balaban J connectivity index is 1.56. The Labute approximate surface area is 135 Å². The van der Waals surface area contributed by atoms with Crippen molar-refractivity contribution in [1.29, 1.82) is 0 Å². The molecule has 0 aliphatic rings. The lowest BCUT2D eigenvalue weighted by Crippen LogP contribution is -2.28. The first-order valence-electron chi connectivity index (χ1n) is 7.67. The van der Waals surface area contributed by atoms with Gasteiger partial charge in [-0.15, -0.1) is 0 Å². The van der Waals surface area contributed by atoms with Crippen LogP contribution >= 0.6 is 0 Å². The van der Waals surface area contributed by atoms with Crippen LogP contribution in [0.1, 0.15) is 21.9 Å². The summed E-state index contributed by atoms with van der Waals surface area (Å²) in [6, 6.07) is 13.9. The van der Waals surface area contributed by atoms with Crippen LogP contribution in [-0.2, 0) is 20.0 Å². The second-order valence-corrected chi connectivity index (χ2v) is 5.47. The minimum absolute atomic E-state index is 0.0568. The van der Waals surface area contributed by atoms with Crippen molar-refractivity contribution in [2.45, 2.75) is 13.0 Å². The molecule has 5 heteroatoms. The van der Waals surface area contributed by atoms with Gasteiger partial charge < -0.3 is 14.5 Å². The molecular weight excluding hydrogens is 288 g/mol. The molecule has 0 aliphatic heterocycles. The highest BCUT2D eigenvalue weighted by atomic mass is 16.1. The molecule has 0 bridgehead atoms. The first kappa shape index (κ1) is 15.1. The Morgan fingerprint density at radius 1 is 1.13 bits per heavy atom. The fraction of sp³-hybridized carbons (Fsp3) is 0.222. The molecule has 23 heavy (non-hydrogen) atoms. The highest BCUT2D eigenvalue weighted by Gasteiger charge is 2.09. The minimum Gasteiger partial charge on any atom is -0.350 e. The van der Waals surface area contributed by atoms with Crippen molar-refractivity contribution in [3.8, 4) is 0 Å². The fourth-order valence-corrected chi connectivity index (χ4v) is 2.57. The maximum atomic E-state index is 12.1. The van der Waals surface area contributed by atoms with Crippen molar-refractivity contribution >= 4 is 5.91 Å². The Kier molecular flexibility index (Phi) is 4.57. The van der Waals surface area contributed by atoms with Crippen LogP contribution in [0.25, 0.3) is 0 Å². The number of aromatic nitrogens is 3. The van der Waals surface area contributed by atoms with Gasteiger partial charge in [-0.3, -0.25) is 4.79 Å². The Morgan fingerprint density at radius 2 is 1.96 bits per heavy atom. The smallest absolute Gasteiger partial charge is 0.267 e. The largest absolute Gasteiger partial charge is 0.350 e. The number of carbonyl (C=O) groups is 1. The Morgan fingerprint density at radius 3 is 2.70 bits per heavy atom. The van der Waals surface area contributed by atoms with E-state index in [2.05, 4.69) is 27.0 Å². The van der Waals surface area contributed by atoms with E-state index < -0.39 is 0 Å². The number of nitrogens with one attached hydrogen (secondary N) is 1. The molecule has 0 saturated carbocycles. The molecule has 1 aromatic carbocycles. The molecule has 3 rings (SSSR count). The van der Waals surface area contributed by atoms with Crippen molar-refractivity contribution in [3.05, 3.63) is 78.1 Å². The maximum absolute atomic E-state index is 12.1. The molecule has 3 aromatic rings. The van der Waals surface area contributed by atoms with Gasteiger partial charge in [0, 0.05) is 45.1 Å². The van der Waals surface area contributed by atoms with Crippen LogP contribution in [-0.4, -0.2) is 26.6 Å². The Hall–Kier alpha value is -2.82. The van der Waals surface area contributed by atoms with Crippen molar-refractivity contribution in [2.75, 3.05) is 6.54 Å².